The largest absolute Gasteiger partial charge is 0.401 e. The van der Waals surface area contributed by atoms with Gasteiger partial charge in [0.1, 0.15) is 6.10 Å². The third-order valence-electron chi connectivity index (χ3n) is 4.30. The molecule has 0 aliphatic carbocycles. The Balaban J connectivity index is 2.13. The van der Waals surface area contributed by atoms with Crippen LogP contribution >= 0.6 is 0 Å². The first-order valence-electron chi connectivity index (χ1n) is 8.01. The molecule has 1 heterocycles. The minimum Gasteiger partial charge on any atom is -0.372 e. The van der Waals surface area contributed by atoms with E-state index in [1.165, 1.54) is 12.0 Å². The van der Waals surface area contributed by atoms with E-state index in [1.807, 2.05) is 37.3 Å². The molecule has 0 spiro atoms. The summed E-state index contributed by atoms with van der Waals surface area (Å²) < 4.78 is 43.3. The van der Waals surface area contributed by atoms with Crippen LogP contribution in [0.15, 0.2) is 30.3 Å². The number of carbonyl (C=O) groups excluding carboxylic acids is 1. The van der Waals surface area contributed by atoms with Gasteiger partial charge in [0, 0.05) is 32.2 Å². The maximum atomic E-state index is 12.7. The first-order valence-corrected chi connectivity index (χ1v) is 8.01. The van der Waals surface area contributed by atoms with E-state index in [1.54, 1.807) is 0 Å². The standard InChI is InChI=1S/C17H23F3N2O2/c1-3-15(24-2)16(23)21-14-10-22(11-17(18,19)20)9-13(14)12-7-5-4-6-8-12/h4-8,13-15H,3,9-11H2,1-2H3,(H,21,23)/t13-,14+,15?/m0/s1. The fourth-order valence-electron chi connectivity index (χ4n) is 3.19. The van der Waals surface area contributed by atoms with E-state index in [0.717, 1.165) is 5.56 Å². The van der Waals surface area contributed by atoms with Crippen molar-refractivity contribution in [2.75, 3.05) is 26.7 Å². The smallest absolute Gasteiger partial charge is 0.372 e. The Bertz CT molecular complexity index is 532. The molecule has 1 aliphatic heterocycles. The Morgan fingerprint density at radius 2 is 2.00 bits per heavy atom. The van der Waals surface area contributed by atoms with E-state index >= 15 is 0 Å². The van der Waals surface area contributed by atoms with Gasteiger partial charge in [-0.1, -0.05) is 37.3 Å². The number of ether oxygens (including phenoxy) is 1. The number of hydrogen-bond acceptors (Lipinski definition) is 3. The predicted molar refractivity (Wildman–Crippen MR) is 84.7 cm³/mol. The highest BCUT2D eigenvalue weighted by molar-refractivity contribution is 5.81. The monoisotopic (exact) mass is 344 g/mol. The Kier molecular flexibility index (Phi) is 6.23. The molecule has 2 rings (SSSR count). The quantitative estimate of drug-likeness (QED) is 0.862. The zero-order valence-corrected chi connectivity index (χ0v) is 13.8. The molecule has 0 aromatic heterocycles. The number of amides is 1. The predicted octanol–water partition coefficient (Wildman–Crippen LogP) is 2.56. The molecular formula is C17H23F3N2O2. The zero-order valence-electron chi connectivity index (χ0n) is 13.8. The topological polar surface area (TPSA) is 41.6 Å². The fraction of sp³-hybridized carbons (Fsp3) is 0.588. The minimum atomic E-state index is -4.25. The highest BCUT2D eigenvalue weighted by Crippen LogP contribution is 2.30. The van der Waals surface area contributed by atoms with Crippen molar-refractivity contribution in [2.24, 2.45) is 0 Å². The van der Waals surface area contributed by atoms with Crippen molar-refractivity contribution in [3.8, 4) is 0 Å². The molecule has 1 fully saturated rings. The van der Waals surface area contributed by atoms with Crippen molar-refractivity contribution in [3.05, 3.63) is 35.9 Å². The van der Waals surface area contributed by atoms with Gasteiger partial charge in [-0.2, -0.15) is 13.2 Å². The number of nitrogens with zero attached hydrogens (tertiary/aromatic N) is 1. The summed E-state index contributed by atoms with van der Waals surface area (Å²) in [6.07, 6.45) is -4.33. The van der Waals surface area contributed by atoms with Crippen molar-refractivity contribution >= 4 is 5.91 Å². The molecule has 1 saturated heterocycles. The van der Waals surface area contributed by atoms with E-state index in [-0.39, 0.29) is 31.0 Å². The minimum absolute atomic E-state index is 0.172. The van der Waals surface area contributed by atoms with E-state index in [4.69, 9.17) is 4.74 Å². The van der Waals surface area contributed by atoms with E-state index in [9.17, 15) is 18.0 Å². The molecule has 7 heteroatoms. The molecule has 1 aromatic carbocycles. The lowest BCUT2D eigenvalue weighted by molar-refractivity contribution is -0.143. The van der Waals surface area contributed by atoms with Gasteiger partial charge in [-0.15, -0.1) is 0 Å². The van der Waals surface area contributed by atoms with Crippen LogP contribution in [0, 0.1) is 0 Å². The molecule has 0 bridgehead atoms. The Hall–Kier alpha value is -1.60. The Labute approximate surface area is 140 Å². The zero-order chi connectivity index (χ0) is 17.7. The number of likely N-dealkylation sites (tertiary alicyclic amines) is 1. The number of hydrogen-bond donors (Lipinski definition) is 1. The highest BCUT2D eigenvalue weighted by Gasteiger charge is 2.40. The second-order valence-corrected chi connectivity index (χ2v) is 6.07. The van der Waals surface area contributed by atoms with Crippen LogP contribution in [-0.2, 0) is 9.53 Å². The maximum Gasteiger partial charge on any atom is 0.401 e. The number of alkyl halides is 3. The molecule has 24 heavy (non-hydrogen) atoms. The van der Waals surface area contributed by atoms with E-state index in [0.29, 0.717) is 6.42 Å². The van der Waals surface area contributed by atoms with Gasteiger partial charge in [0.15, 0.2) is 0 Å². The molecule has 1 unspecified atom stereocenters. The lowest BCUT2D eigenvalue weighted by atomic mass is 9.94. The molecule has 134 valence electrons. The molecule has 0 radical (unpaired) electrons. The first kappa shape index (κ1) is 18.7. The molecule has 1 N–H and O–H groups in total. The lowest BCUT2D eigenvalue weighted by Crippen LogP contribution is -2.45. The summed E-state index contributed by atoms with van der Waals surface area (Å²) in [7, 11) is 1.45. The van der Waals surface area contributed by atoms with Crippen LogP contribution in [0.4, 0.5) is 13.2 Å². The maximum absolute atomic E-state index is 12.7. The summed E-state index contributed by atoms with van der Waals surface area (Å²) in [5.74, 6) is -0.452. The van der Waals surface area contributed by atoms with Gasteiger partial charge in [-0.05, 0) is 12.0 Å². The summed E-state index contributed by atoms with van der Waals surface area (Å²) in [6.45, 7) is 1.29. The van der Waals surface area contributed by atoms with Gasteiger partial charge >= 0.3 is 6.18 Å². The number of benzene rings is 1. The van der Waals surface area contributed by atoms with Gasteiger partial charge < -0.3 is 10.1 Å². The molecule has 4 nitrogen and oxygen atoms in total. The fourth-order valence-corrected chi connectivity index (χ4v) is 3.19. The van der Waals surface area contributed by atoms with Crippen LogP contribution in [0.3, 0.4) is 0 Å². The Morgan fingerprint density at radius 1 is 1.33 bits per heavy atom. The normalized spacial score (nSPS) is 23.2. The molecule has 3 atom stereocenters. The van der Waals surface area contributed by atoms with Gasteiger partial charge in [-0.25, -0.2) is 0 Å². The lowest BCUT2D eigenvalue weighted by Gasteiger charge is -2.22. The van der Waals surface area contributed by atoms with Crippen LogP contribution in [0.1, 0.15) is 24.8 Å². The van der Waals surface area contributed by atoms with Crippen molar-refractivity contribution < 1.29 is 22.7 Å². The number of methoxy groups -OCH3 is 1. The first-order chi connectivity index (χ1) is 11.3. The Morgan fingerprint density at radius 3 is 2.54 bits per heavy atom. The molecule has 0 saturated carbocycles. The number of carbonyl (C=O) groups is 1. The third-order valence-corrected chi connectivity index (χ3v) is 4.30. The van der Waals surface area contributed by atoms with Gasteiger partial charge in [0.05, 0.1) is 6.54 Å². The summed E-state index contributed by atoms with van der Waals surface area (Å²) in [6, 6.07) is 8.96. The van der Waals surface area contributed by atoms with Crippen LogP contribution in [-0.4, -0.2) is 55.9 Å². The van der Waals surface area contributed by atoms with Gasteiger partial charge in [-0.3, -0.25) is 9.69 Å². The average molecular weight is 344 g/mol. The second-order valence-electron chi connectivity index (χ2n) is 6.07. The molecule has 1 amide bonds. The van der Waals surface area contributed by atoms with Crippen LogP contribution in [0.2, 0.25) is 0 Å². The summed E-state index contributed by atoms with van der Waals surface area (Å²) in [5.41, 5.74) is 0.929. The second kappa shape index (κ2) is 7.98. The summed E-state index contributed by atoms with van der Waals surface area (Å²) in [4.78, 5) is 13.6. The van der Waals surface area contributed by atoms with Crippen LogP contribution < -0.4 is 5.32 Å². The number of nitrogens with one attached hydrogen (secondary N) is 1. The molecule has 1 aliphatic rings. The number of halogens is 3. The SMILES string of the molecule is CCC(OC)C(=O)N[C@@H]1CN(CC(F)(F)F)C[C@H]1c1ccccc1. The van der Waals surface area contributed by atoms with Crippen molar-refractivity contribution in [1.29, 1.82) is 0 Å². The average Bonchev–Trinajstić information content (AvgIpc) is 2.89. The van der Waals surface area contributed by atoms with Crippen LogP contribution in [0.25, 0.3) is 0 Å². The third kappa shape index (κ3) is 4.95. The van der Waals surface area contributed by atoms with Crippen molar-refractivity contribution in [2.45, 2.75) is 37.6 Å². The summed E-state index contributed by atoms with van der Waals surface area (Å²) in [5, 5.41) is 2.87. The summed E-state index contributed by atoms with van der Waals surface area (Å²) >= 11 is 0. The van der Waals surface area contributed by atoms with Gasteiger partial charge in [0.25, 0.3) is 0 Å². The van der Waals surface area contributed by atoms with Gasteiger partial charge in [0.2, 0.25) is 5.91 Å². The van der Waals surface area contributed by atoms with E-state index < -0.39 is 18.8 Å². The highest BCUT2D eigenvalue weighted by atomic mass is 19.4. The molecule has 1 aromatic rings. The van der Waals surface area contributed by atoms with Crippen LogP contribution in [0.5, 0.6) is 0 Å². The van der Waals surface area contributed by atoms with Crippen molar-refractivity contribution in [3.63, 3.8) is 0 Å². The molecular weight excluding hydrogens is 321 g/mol. The number of rotatable bonds is 6. The van der Waals surface area contributed by atoms with Crippen molar-refractivity contribution in [1.82, 2.24) is 10.2 Å². The van der Waals surface area contributed by atoms with E-state index in [2.05, 4.69) is 5.32 Å².